The molecule has 1 heterocycles. The molecule has 1 aromatic carbocycles. The molecule has 25 heavy (non-hydrogen) atoms. The number of fused-ring (bicyclic) bond motifs is 3. The highest BCUT2D eigenvalue weighted by Gasteiger charge is 2.66. The Balaban J connectivity index is 1.74. The molecule has 1 unspecified atom stereocenters. The minimum atomic E-state index is -2.79. The van der Waals surface area contributed by atoms with Gasteiger partial charge in [0.15, 0.2) is 5.54 Å². The van der Waals surface area contributed by atoms with Crippen LogP contribution < -0.4 is 10.6 Å². The smallest absolute Gasteiger partial charge is 0.320 e. The second-order valence-corrected chi connectivity index (χ2v) is 7.93. The number of nitrogens with one attached hydrogen (secondary N) is 2. The number of carbonyl (C=O) groups excluding carboxylic acids is 2. The summed E-state index contributed by atoms with van der Waals surface area (Å²) in [6.07, 6.45) is 2.05. The van der Waals surface area contributed by atoms with Crippen LogP contribution in [0, 0.1) is 5.41 Å². The Bertz CT molecular complexity index is 749. The molecule has 1 saturated heterocycles. The van der Waals surface area contributed by atoms with E-state index in [1.54, 1.807) is 0 Å². The number of hydrogen-bond acceptors (Lipinski definition) is 3. The van der Waals surface area contributed by atoms with E-state index in [1.807, 2.05) is 18.2 Å². The fourth-order valence-electron chi connectivity index (χ4n) is 4.83. The summed E-state index contributed by atoms with van der Waals surface area (Å²) in [4.78, 5) is 24.8. The van der Waals surface area contributed by atoms with E-state index in [0.717, 1.165) is 15.6 Å². The van der Waals surface area contributed by atoms with Crippen molar-refractivity contribution in [2.45, 2.75) is 50.4 Å². The molecule has 1 saturated carbocycles. The Morgan fingerprint density at radius 3 is 2.56 bits per heavy atom. The number of urea groups is 1. The van der Waals surface area contributed by atoms with E-state index in [2.05, 4.69) is 31.3 Å². The van der Waals surface area contributed by atoms with Crippen LogP contribution in [0.5, 0.6) is 0 Å². The van der Waals surface area contributed by atoms with E-state index in [4.69, 9.17) is 0 Å². The van der Waals surface area contributed by atoms with Gasteiger partial charge in [-0.25, -0.2) is 4.79 Å². The van der Waals surface area contributed by atoms with Crippen LogP contribution in [0.15, 0.2) is 22.7 Å². The van der Waals surface area contributed by atoms with Gasteiger partial charge in [0.25, 0.3) is 5.91 Å². The summed E-state index contributed by atoms with van der Waals surface area (Å²) < 4.78 is 30.5. The molecule has 3 amide bonds. The fourth-order valence-corrected chi connectivity index (χ4v) is 5.19. The van der Waals surface area contributed by atoms with E-state index in [9.17, 15) is 18.4 Å². The van der Waals surface area contributed by atoms with Gasteiger partial charge >= 0.3 is 12.6 Å². The monoisotopic (exact) mass is 414 g/mol. The highest BCUT2D eigenvalue weighted by atomic mass is 79.9. The molecule has 0 aromatic heterocycles. The lowest BCUT2D eigenvalue weighted by molar-refractivity contribution is -0.178. The molecule has 1 aliphatic heterocycles. The number of hydrogen-bond donors (Lipinski definition) is 2. The minimum Gasteiger partial charge on any atom is -0.320 e. The van der Waals surface area contributed by atoms with Crippen molar-refractivity contribution in [3.63, 3.8) is 0 Å². The first-order valence-corrected chi connectivity index (χ1v) is 9.02. The lowest BCUT2D eigenvalue weighted by Crippen LogP contribution is -2.56. The van der Waals surface area contributed by atoms with Gasteiger partial charge in [-0.2, -0.15) is 8.78 Å². The number of carbonyl (C=O) groups is 2. The van der Waals surface area contributed by atoms with Gasteiger partial charge in [0.2, 0.25) is 0 Å². The largest absolute Gasteiger partial charge is 0.345 e. The molecule has 8 heteroatoms. The van der Waals surface area contributed by atoms with Crippen molar-refractivity contribution in [2.75, 3.05) is 0 Å². The van der Waals surface area contributed by atoms with Gasteiger partial charge in [-0.1, -0.05) is 22.0 Å². The molecule has 3 aliphatic rings. The van der Waals surface area contributed by atoms with Crippen LogP contribution >= 0.6 is 15.9 Å². The Morgan fingerprint density at radius 1 is 1.24 bits per heavy atom. The third kappa shape index (κ3) is 2.41. The number of benzene rings is 1. The topological polar surface area (TPSA) is 67.4 Å². The van der Waals surface area contributed by atoms with Crippen molar-refractivity contribution in [1.29, 1.82) is 0 Å². The molecule has 1 atom stereocenters. The fraction of sp³-hybridized carbons (Fsp3) is 0.529. The number of imide groups is 1. The summed E-state index contributed by atoms with van der Waals surface area (Å²) in [5, 5.41) is 5.24. The Labute approximate surface area is 151 Å². The summed E-state index contributed by atoms with van der Waals surface area (Å²) in [7, 11) is 0. The van der Waals surface area contributed by atoms with Crippen LogP contribution in [0.1, 0.15) is 36.8 Å². The van der Waals surface area contributed by atoms with Crippen LogP contribution in [0.3, 0.4) is 0 Å². The van der Waals surface area contributed by atoms with E-state index < -0.39 is 29.7 Å². The van der Waals surface area contributed by atoms with Crippen molar-refractivity contribution >= 4 is 27.9 Å². The second kappa shape index (κ2) is 5.74. The Morgan fingerprint density at radius 2 is 1.96 bits per heavy atom. The van der Waals surface area contributed by atoms with Crippen molar-refractivity contribution in [1.82, 2.24) is 10.6 Å². The highest BCUT2D eigenvalue weighted by Crippen LogP contribution is 2.59. The van der Waals surface area contributed by atoms with Crippen LogP contribution in [-0.2, 0) is 21.5 Å². The van der Waals surface area contributed by atoms with Crippen LogP contribution in [-0.4, -0.2) is 24.7 Å². The zero-order chi connectivity index (χ0) is 17.8. The lowest BCUT2D eigenvalue weighted by Gasteiger charge is -2.46. The summed E-state index contributed by atoms with van der Waals surface area (Å²) in [5.41, 5.74) is 0.139. The molecule has 134 valence electrons. The quantitative estimate of drug-likeness (QED) is 0.730. The van der Waals surface area contributed by atoms with Gasteiger partial charge in [0.1, 0.15) is 0 Å². The first-order valence-electron chi connectivity index (χ1n) is 8.22. The normalized spacial score (nSPS) is 33.8. The SMILES string of the molecule is O=C1NC(=O)C2(N1)c1cc(Br)ccc1CC21CCC(OC(F)F)CC1. The van der Waals surface area contributed by atoms with Gasteiger partial charge in [0, 0.05) is 9.89 Å². The van der Waals surface area contributed by atoms with Gasteiger partial charge in [-0.05, 0) is 55.4 Å². The number of rotatable bonds is 2. The van der Waals surface area contributed by atoms with E-state index in [0.29, 0.717) is 32.1 Å². The van der Waals surface area contributed by atoms with Crippen LogP contribution in [0.4, 0.5) is 13.6 Å². The number of amides is 3. The van der Waals surface area contributed by atoms with Crippen molar-refractivity contribution in [2.24, 2.45) is 5.41 Å². The summed E-state index contributed by atoms with van der Waals surface area (Å²) in [6.45, 7) is -2.79. The Kier molecular flexibility index (Phi) is 3.88. The first-order chi connectivity index (χ1) is 11.9. The summed E-state index contributed by atoms with van der Waals surface area (Å²) in [5.74, 6) is -0.359. The molecule has 0 bridgehead atoms. The summed E-state index contributed by atoms with van der Waals surface area (Å²) in [6, 6.07) is 5.22. The number of ether oxygens (including phenoxy) is 1. The maximum absolute atomic E-state index is 12.9. The summed E-state index contributed by atoms with van der Waals surface area (Å²) >= 11 is 3.43. The molecule has 5 nitrogen and oxygen atoms in total. The molecule has 4 rings (SSSR count). The van der Waals surface area contributed by atoms with Crippen LogP contribution in [0.2, 0.25) is 0 Å². The maximum Gasteiger partial charge on any atom is 0.345 e. The molecular formula is C17H17BrF2N2O3. The third-order valence-electron chi connectivity index (χ3n) is 5.85. The molecular weight excluding hydrogens is 398 g/mol. The van der Waals surface area contributed by atoms with Crippen LogP contribution in [0.25, 0.3) is 0 Å². The van der Waals surface area contributed by atoms with E-state index >= 15 is 0 Å². The average Bonchev–Trinajstić information content (AvgIpc) is 2.99. The zero-order valence-corrected chi connectivity index (χ0v) is 14.9. The first kappa shape index (κ1) is 16.9. The maximum atomic E-state index is 12.9. The second-order valence-electron chi connectivity index (χ2n) is 7.01. The zero-order valence-electron chi connectivity index (χ0n) is 13.3. The predicted molar refractivity (Wildman–Crippen MR) is 88.0 cm³/mol. The Hall–Kier alpha value is -1.54. The molecule has 2 N–H and O–H groups in total. The minimum absolute atomic E-state index is 0.359. The molecule has 1 aromatic rings. The number of halogens is 3. The standard InChI is InChI=1S/C17H17BrF2N2O3/c18-10-2-1-9-8-16(5-3-11(4-6-16)25-14(19)20)17(12(9)7-10)13(23)21-15(24)22-17/h1-2,7,11,14H,3-6,8H2,(H2,21,22,23,24). The van der Waals surface area contributed by atoms with Crippen molar-refractivity contribution in [3.05, 3.63) is 33.8 Å². The molecule has 2 aliphatic carbocycles. The number of alkyl halides is 2. The van der Waals surface area contributed by atoms with Gasteiger partial charge in [0.05, 0.1) is 6.10 Å². The lowest BCUT2D eigenvalue weighted by atomic mass is 9.61. The molecule has 2 fully saturated rings. The highest BCUT2D eigenvalue weighted by molar-refractivity contribution is 9.10. The van der Waals surface area contributed by atoms with E-state index in [1.165, 1.54) is 0 Å². The van der Waals surface area contributed by atoms with E-state index in [-0.39, 0.29) is 5.91 Å². The molecule has 0 radical (unpaired) electrons. The average molecular weight is 415 g/mol. The predicted octanol–water partition coefficient (Wildman–Crippen LogP) is 3.21. The van der Waals surface area contributed by atoms with Gasteiger partial charge < -0.3 is 10.1 Å². The van der Waals surface area contributed by atoms with Crippen molar-refractivity contribution in [3.8, 4) is 0 Å². The van der Waals surface area contributed by atoms with Crippen molar-refractivity contribution < 1.29 is 23.1 Å². The molecule has 2 spiro atoms. The third-order valence-corrected chi connectivity index (χ3v) is 6.35. The van der Waals surface area contributed by atoms with Gasteiger partial charge in [-0.15, -0.1) is 0 Å². The van der Waals surface area contributed by atoms with Gasteiger partial charge in [-0.3, -0.25) is 10.1 Å².